The van der Waals surface area contributed by atoms with Crippen LogP contribution < -0.4 is 15.4 Å². The number of ether oxygens (including phenoxy) is 1. The number of nitrogen functional groups attached to an aromatic ring is 1. The van der Waals surface area contributed by atoms with E-state index in [9.17, 15) is 4.79 Å². The Morgan fingerprint density at radius 2 is 1.80 bits per heavy atom. The van der Waals surface area contributed by atoms with Crippen molar-refractivity contribution >= 4 is 17.3 Å². The van der Waals surface area contributed by atoms with Crippen molar-refractivity contribution in [3.63, 3.8) is 0 Å². The number of carbonyl (C=O) groups is 1. The minimum atomic E-state index is -0.358. The normalized spacial score (nSPS) is 21.6. The van der Waals surface area contributed by atoms with Gasteiger partial charge in [-0.25, -0.2) is 0 Å². The fraction of sp³-hybridized carbons (Fsp3) is 0.381. The summed E-state index contributed by atoms with van der Waals surface area (Å²) < 4.78 is 5.29. The third-order valence-corrected chi connectivity index (χ3v) is 5.41. The third kappa shape index (κ3) is 2.76. The molecule has 2 atom stereocenters. The van der Waals surface area contributed by atoms with E-state index in [0.717, 1.165) is 22.7 Å². The van der Waals surface area contributed by atoms with E-state index in [-0.39, 0.29) is 23.3 Å². The molecule has 132 valence electrons. The highest BCUT2D eigenvalue weighted by molar-refractivity contribution is 5.95. The minimum Gasteiger partial charge on any atom is -0.497 e. The third-order valence-electron chi connectivity index (χ3n) is 5.41. The van der Waals surface area contributed by atoms with Gasteiger partial charge in [-0.2, -0.15) is 0 Å². The van der Waals surface area contributed by atoms with Crippen molar-refractivity contribution in [2.75, 3.05) is 17.7 Å². The smallest absolute Gasteiger partial charge is 0.224 e. The van der Waals surface area contributed by atoms with E-state index in [0.29, 0.717) is 0 Å². The Bertz CT molecular complexity index is 796. The van der Waals surface area contributed by atoms with Crippen molar-refractivity contribution in [3.05, 3.63) is 53.6 Å². The molecule has 0 aromatic heterocycles. The van der Waals surface area contributed by atoms with Crippen LogP contribution in [-0.2, 0) is 4.79 Å². The molecule has 1 amide bonds. The summed E-state index contributed by atoms with van der Waals surface area (Å²) in [5, 5.41) is 0. The van der Waals surface area contributed by atoms with Gasteiger partial charge in [-0.1, -0.05) is 19.1 Å². The van der Waals surface area contributed by atoms with Gasteiger partial charge in [0, 0.05) is 29.8 Å². The van der Waals surface area contributed by atoms with Crippen molar-refractivity contribution in [2.45, 2.75) is 45.1 Å². The molecule has 0 saturated carbocycles. The Balaban J connectivity index is 2.19. The number of fused-ring (bicyclic) bond motifs is 1. The van der Waals surface area contributed by atoms with E-state index in [4.69, 9.17) is 10.5 Å². The average molecular weight is 338 g/mol. The van der Waals surface area contributed by atoms with Crippen LogP contribution in [0.5, 0.6) is 5.75 Å². The molecule has 0 aliphatic carbocycles. The second-order valence-corrected chi connectivity index (χ2v) is 7.37. The van der Waals surface area contributed by atoms with Crippen LogP contribution in [0.25, 0.3) is 0 Å². The highest BCUT2D eigenvalue weighted by Crippen LogP contribution is 2.52. The van der Waals surface area contributed by atoms with Gasteiger partial charge in [0.1, 0.15) is 5.75 Å². The number of anilines is 2. The number of amides is 1. The van der Waals surface area contributed by atoms with Gasteiger partial charge in [0.15, 0.2) is 0 Å². The summed E-state index contributed by atoms with van der Waals surface area (Å²) in [6.45, 7) is 8.12. The average Bonchev–Trinajstić information content (AvgIpc) is 2.55. The van der Waals surface area contributed by atoms with E-state index in [1.807, 2.05) is 35.2 Å². The largest absolute Gasteiger partial charge is 0.497 e. The lowest BCUT2D eigenvalue weighted by molar-refractivity contribution is -0.118. The molecule has 1 aliphatic heterocycles. The number of benzene rings is 2. The van der Waals surface area contributed by atoms with E-state index in [2.05, 4.69) is 32.9 Å². The first-order valence-electron chi connectivity index (χ1n) is 8.61. The number of rotatable bonds is 2. The van der Waals surface area contributed by atoms with Gasteiger partial charge in [-0.15, -0.1) is 0 Å². The van der Waals surface area contributed by atoms with Gasteiger partial charge in [0.05, 0.1) is 7.11 Å². The predicted molar refractivity (Wildman–Crippen MR) is 102 cm³/mol. The first kappa shape index (κ1) is 17.3. The molecule has 0 spiro atoms. The molecule has 0 bridgehead atoms. The monoisotopic (exact) mass is 338 g/mol. The SMILES string of the molecule is COc1ccc(C2C(C)c3cc(N)ccc3N(C(C)=O)C2(C)C)cc1. The van der Waals surface area contributed by atoms with Gasteiger partial charge in [0.2, 0.25) is 5.91 Å². The number of carbonyl (C=O) groups excluding carboxylic acids is 1. The number of methoxy groups -OCH3 is 1. The Hall–Kier alpha value is -2.49. The lowest BCUT2D eigenvalue weighted by atomic mass is 9.67. The second-order valence-electron chi connectivity index (χ2n) is 7.37. The maximum Gasteiger partial charge on any atom is 0.224 e. The van der Waals surface area contributed by atoms with E-state index in [1.54, 1.807) is 14.0 Å². The topological polar surface area (TPSA) is 55.6 Å². The maximum atomic E-state index is 12.5. The quantitative estimate of drug-likeness (QED) is 0.830. The number of hydrogen-bond donors (Lipinski definition) is 1. The van der Waals surface area contributed by atoms with Gasteiger partial charge in [-0.05, 0) is 61.2 Å². The number of nitrogens with two attached hydrogens (primary N) is 1. The molecule has 2 aromatic rings. The lowest BCUT2D eigenvalue weighted by Crippen LogP contribution is -2.55. The summed E-state index contributed by atoms with van der Waals surface area (Å²) >= 11 is 0. The minimum absolute atomic E-state index is 0.0430. The van der Waals surface area contributed by atoms with Crippen LogP contribution in [0.1, 0.15) is 50.7 Å². The molecule has 2 unspecified atom stereocenters. The highest BCUT2D eigenvalue weighted by atomic mass is 16.5. The summed E-state index contributed by atoms with van der Waals surface area (Å²) in [6, 6.07) is 14.0. The van der Waals surface area contributed by atoms with Gasteiger partial charge < -0.3 is 15.4 Å². The maximum absolute atomic E-state index is 12.5. The van der Waals surface area contributed by atoms with Crippen LogP contribution in [0, 0.1) is 0 Å². The van der Waals surface area contributed by atoms with Crippen molar-refractivity contribution in [1.82, 2.24) is 0 Å². The molecule has 4 nitrogen and oxygen atoms in total. The Labute approximate surface area is 149 Å². The van der Waals surface area contributed by atoms with E-state index < -0.39 is 0 Å². The predicted octanol–water partition coefficient (Wildman–Crippen LogP) is 4.31. The molecule has 3 rings (SSSR count). The Morgan fingerprint density at radius 1 is 1.16 bits per heavy atom. The Kier molecular flexibility index (Phi) is 4.23. The van der Waals surface area contributed by atoms with Gasteiger partial charge >= 0.3 is 0 Å². The molecule has 0 fully saturated rings. The fourth-order valence-corrected chi connectivity index (χ4v) is 4.47. The van der Waals surface area contributed by atoms with Crippen LogP contribution in [0.4, 0.5) is 11.4 Å². The van der Waals surface area contributed by atoms with Crippen molar-refractivity contribution in [1.29, 1.82) is 0 Å². The van der Waals surface area contributed by atoms with Crippen LogP contribution in [0.2, 0.25) is 0 Å². The molecule has 0 saturated heterocycles. The summed E-state index contributed by atoms with van der Waals surface area (Å²) in [5.74, 6) is 1.26. The highest BCUT2D eigenvalue weighted by Gasteiger charge is 2.47. The molecule has 0 radical (unpaired) electrons. The lowest BCUT2D eigenvalue weighted by Gasteiger charge is -2.51. The first-order valence-corrected chi connectivity index (χ1v) is 8.61. The summed E-state index contributed by atoms with van der Waals surface area (Å²) in [6.07, 6.45) is 0. The number of nitrogens with zero attached hydrogens (tertiary/aromatic N) is 1. The number of hydrogen-bond acceptors (Lipinski definition) is 3. The standard InChI is InChI=1S/C21H26N2O2/c1-13-18-12-16(22)8-11-19(18)23(14(2)24)21(3,4)20(13)15-6-9-17(25-5)10-7-15/h6-13,20H,22H2,1-5H3. The second kappa shape index (κ2) is 6.10. The zero-order valence-corrected chi connectivity index (χ0v) is 15.5. The van der Waals surface area contributed by atoms with Crippen molar-refractivity contribution < 1.29 is 9.53 Å². The Morgan fingerprint density at radius 3 is 2.36 bits per heavy atom. The zero-order chi connectivity index (χ0) is 18.4. The zero-order valence-electron chi connectivity index (χ0n) is 15.5. The van der Waals surface area contributed by atoms with Crippen molar-refractivity contribution in [2.24, 2.45) is 0 Å². The van der Waals surface area contributed by atoms with Crippen molar-refractivity contribution in [3.8, 4) is 5.75 Å². The van der Waals surface area contributed by atoms with Crippen LogP contribution in [-0.4, -0.2) is 18.6 Å². The molecular weight excluding hydrogens is 312 g/mol. The van der Waals surface area contributed by atoms with E-state index >= 15 is 0 Å². The fourth-order valence-electron chi connectivity index (χ4n) is 4.47. The van der Waals surface area contributed by atoms with Crippen LogP contribution in [0.3, 0.4) is 0 Å². The molecular formula is C21H26N2O2. The summed E-state index contributed by atoms with van der Waals surface area (Å²) in [5.41, 5.74) is 9.68. The van der Waals surface area contributed by atoms with Crippen LogP contribution in [0.15, 0.2) is 42.5 Å². The van der Waals surface area contributed by atoms with Gasteiger partial charge in [-0.3, -0.25) is 4.79 Å². The molecule has 2 aromatic carbocycles. The molecule has 1 heterocycles. The summed E-state index contributed by atoms with van der Waals surface area (Å²) in [7, 11) is 1.67. The molecule has 4 heteroatoms. The van der Waals surface area contributed by atoms with Crippen LogP contribution >= 0.6 is 0 Å². The molecule has 25 heavy (non-hydrogen) atoms. The molecule has 1 aliphatic rings. The molecule has 2 N–H and O–H groups in total. The van der Waals surface area contributed by atoms with E-state index in [1.165, 1.54) is 5.56 Å². The summed E-state index contributed by atoms with van der Waals surface area (Å²) in [4.78, 5) is 14.4. The van der Waals surface area contributed by atoms with Gasteiger partial charge in [0.25, 0.3) is 0 Å². The first-order chi connectivity index (χ1) is 11.8.